The number of rotatable bonds is 6. The van der Waals surface area contributed by atoms with Crippen molar-refractivity contribution in [1.29, 1.82) is 0 Å². The summed E-state index contributed by atoms with van der Waals surface area (Å²) in [6, 6.07) is 10.8. The van der Waals surface area contributed by atoms with Crippen LogP contribution >= 0.6 is 11.3 Å². The van der Waals surface area contributed by atoms with Gasteiger partial charge < -0.3 is 9.15 Å². The van der Waals surface area contributed by atoms with Gasteiger partial charge in [0.15, 0.2) is 6.54 Å². The van der Waals surface area contributed by atoms with Gasteiger partial charge in [-0.25, -0.2) is 9.59 Å². The van der Waals surface area contributed by atoms with Crippen LogP contribution in [-0.2, 0) is 29.1 Å². The van der Waals surface area contributed by atoms with Crippen LogP contribution in [0.25, 0.3) is 21.7 Å². The molecule has 4 rings (SSSR count). The lowest BCUT2D eigenvalue weighted by atomic mass is 10.1. The van der Waals surface area contributed by atoms with Gasteiger partial charge in [0.05, 0.1) is 4.88 Å². The van der Waals surface area contributed by atoms with Crippen LogP contribution in [0.1, 0.15) is 18.1 Å². The highest BCUT2D eigenvalue weighted by Gasteiger charge is 2.13. The van der Waals surface area contributed by atoms with E-state index in [1.54, 1.807) is 0 Å². The third kappa shape index (κ3) is 3.84. The number of aromatic nitrogens is 4. The zero-order valence-corrected chi connectivity index (χ0v) is 15.8. The molecule has 0 amide bonds. The summed E-state index contributed by atoms with van der Waals surface area (Å²) in [5, 5.41) is 14.6. The molecular weight excluding hydrogens is 380 g/mol. The van der Waals surface area contributed by atoms with E-state index in [4.69, 9.17) is 9.15 Å². The molecule has 0 unspecified atom stereocenters. The molecule has 0 saturated heterocycles. The Morgan fingerprint density at radius 3 is 2.96 bits per heavy atom. The van der Waals surface area contributed by atoms with Crippen LogP contribution in [0.3, 0.4) is 0 Å². The topological polar surface area (TPSA) is 100 Å². The fraction of sp³-hybridized carbons (Fsp3) is 0.211. The summed E-state index contributed by atoms with van der Waals surface area (Å²) in [5.74, 6) is -0.0668. The number of benzene rings is 1. The van der Waals surface area contributed by atoms with Crippen LogP contribution in [0.15, 0.2) is 51.0 Å². The standard InChI is InChI=1S/C19H16N4O4S/c1-2-12-5-6-14-13(9-17(24)27-15(14)8-12)11-26-18(25)10-23-21-19(20-22-23)16-4-3-7-28-16/h3-9H,2,10-11H2,1H3. The molecule has 8 nitrogen and oxygen atoms in total. The largest absolute Gasteiger partial charge is 0.459 e. The fourth-order valence-electron chi connectivity index (χ4n) is 2.75. The quantitative estimate of drug-likeness (QED) is 0.365. The lowest BCUT2D eigenvalue weighted by Gasteiger charge is -2.07. The Labute approximate surface area is 163 Å². The summed E-state index contributed by atoms with van der Waals surface area (Å²) in [5.41, 5.74) is 1.65. The molecule has 0 aliphatic carbocycles. The molecule has 3 heterocycles. The highest BCUT2D eigenvalue weighted by Crippen LogP contribution is 2.21. The maximum atomic E-state index is 12.2. The molecule has 4 aromatic rings. The van der Waals surface area contributed by atoms with Crippen molar-refractivity contribution in [3.8, 4) is 10.7 Å². The summed E-state index contributed by atoms with van der Waals surface area (Å²) in [6.07, 6.45) is 0.831. The summed E-state index contributed by atoms with van der Waals surface area (Å²) >= 11 is 1.49. The Kier molecular flexibility index (Phi) is 4.98. The molecule has 28 heavy (non-hydrogen) atoms. The molecule has 0 fully saturated rings. The summed E-state index contributed by atoms with van der Waals surface area (Å²) in [4.78, 5) is 26.0. The van der Waals surface area contributed by atoms with E-state index in [1.165, 1.54) is 22.2 Å². The first-order valence-electron chi connectivity index (χ1n) is 8.65. The minimum Gasteiger partial charge on any atom is -0.459 e. The second-order valence-corrected chi connectivity index (χ2v) is 7.00. The number of carbonyl (C=O) groups excluding carboxylic acids is 1. The molecule has 0 spiro atoms. The van der Waals surface area contributed by atoms with Crippen LogP contribution in [0.4, 0.5) is 0 Å². The minimum atomic E-state index is -0.526. The number of nitrogens with zero attached hydrogens (tertiary/aromatic N) is 4. The van der Waals surface area contributed by atoms with E-state index in [2.05, 4.69) is 15.4 Å². The summed E-state index contributed by atoms with van der Waals surface area (Å²) < 4.78 is 10.6. The Morgan fingerprint density at radius 2 is 2.18 bits per heavy atom. The second kappa shape index (κ2) is 7.73. The number of fused-ring (bicyclic) bond motifs is 1. The van der Waals surface area contributed by atoms with Crippen LogP contribution in [-0.4, -0.2) is 26.2 Å². The van der Waals surface area contributed by atoms with Crippen molar-refractivity contribution in [2.45, 2.75) is 26.5 Å². The van der Waals surface area contributed by atoms with Crippen molar-refractivity contribution >= 4 is 28.3 Å². The third-order valence-corrected chi connectivity index (χ3v) is 5.02. The minimum absolute atomic E-state index is 0.0428. The first-order valence-corrected chi connectivity index (χ1v) is 9.53. The molecule has 0 saturated carbocycles. The molecular formula is C19H16N4O4S. The number of hydrogen-bond acceptors (Lipinski definition) is 8. The molecule has 0 radical (unpaired) electrons. The Bertz CT molecular complexity index is 1180. The highest BCUT2D eigenvalue weighted by molar-refractivity contribution is 7.13. The van der Waals surface area contributed by atoms with Crippen molar-refractivity contribution in [2.75, 3.05) is 0 Å². The van der Waals surface area contributed by atoms with E-state index in [0.29, 0.717) is 17.0 Å². The predicted octanol–water partition coefficient (Wildman–Crippen LogP) is 2.81. The van der Waals surface area contributed by atoms with Crippen molar-refractivity contribution in [1.82, 2.24) is 20.2 Å². The molecule has 0 atom stereocenters. The number of ether oxygens (including phenoxy) is 1. The maximum absolute atomic E-state index is 12.2. The van der Waals surface area contributed by atoms with Crippen molar-refractivity contribution < 1.29 is 13.9 Å². The SMILES string of the molecule is CCc1ccc2c(COC(=O)Cn3nnc(-c4cccs4)n3)cc(=O)oc2c1. The molecule has 9 heteroatoms. The monoisotopic (exact) mass is 396 g/mol. The lowest BCUT2D eigenvalue weighted by molar-refractivity contribution is -0.146. The number of thiophene rings is 1. The van der Waals surface area contributed by atoms with E-state index in [-0.39, 0.29) is 13.2 Å². The average Bonchev–Trinajstić information content (AvgIpc) is 3.37. The summed E-state index contributed by atoms with van der Waals surface area (Å²) in [6.45, 7) is 1.81. The second-order valence-electron chi connectivity index (χ2n) is 6.06. The fourth-order valence-corrected chi connectivity index (χ4v) is 3.40. The zero-order valence-electron chi connectivity index (χ0n) is 15.0. The number of aryl methyl sites for hydroxylation is 1. The van der Waals surface area contributed by atoms with E-state index < -0.39 is 11.6 Å². The van der Waals surface area contributed by atoms with Crippen LogP contribution in [0, 0.1) is 0 Å². The number of carbonyl (C=O) groups is 1. The number of esters is 1. The average molecular weight is 396 g/mol. The van der Waals surface area contributed by atoms with E-state index in [0.717, 1.165) is 22.2 Å². The van der Waals surface area contributed by atoms with Crippen LogP contribution in [0.5, 0.6) is 0 Å². The van der Waals surface area contributed by atoms with Gasteiger partial charge in [0.1, 0.15) is 12.2 Å². The predicted molar refractivity (Wildman–Crippen MR) is 103 cm³/mol. The molecule has 0 aliphatic rings. The van der Waals surface area contributed by atoms with E-state index in [9.17, 15) is 9.59 Å². The van der Waals surface area contributed by atoms with Crippen LogP contribution < -0.4 is 5.63 Å². The van der Waals surface area contributed by atoms with Gasteiger partial charge in [0.2, 0.25) is 5.82 Å². The van der Waals surface area contributed by atoms with Crippen LogP contribution in [0.2, 0.25) is 0 Å². The molecule has 3 aromatic heterocycles. The Balaban J connectivity index is 1.46. The van der Waals surface area contributed by atoms with Gasteiger partial charge in [-0.2, -0.15) is 4.80 Å². The lowest BCUT2D eigenvalue weighted by Crippen LogP contribution is -2.16. The third-order valence-electron chi connectivity index (χ3n) is 4.16. The van der Waals surface area contributed by atoms with Crippen molar-refractivity contribution in [3.05, 3.63) is 63.3 Å². The zero-order chi connectivity index (χ0) is 19.5. The van der Waals surface area contributed by atoms with Gasteiger partial charge in [-0.15, -0.1) is 21.5 Å². The van der Waals surface area contributed by atoms with Gasteiger partial charge in [0.25, 0.3) is 0 Å². The Hall–Kier alpha value is -3.33. The first-order chi connectivity index (χ1) is 13.6. The van der Waals surface area contributed by atoms with Crippen molar-refractivity contribution in [2.24, 2.45) is 0 Å². The normalized spacial score (nSPS) is 11.0. The number of tetrazole rings is 1. The molecule has 1 aromatic carbocycles. The first kappa shape index (κ1) is 18.1. The van der Waals surface area contributed by atoms with Gasteiger partial charge in [-0.1, -0.05) is 25.1 Å². The van der Waals surface area contributed by atoms with Crippen molar-refractivity contribution in [3.63, 3.8) is 0 Å². The smallest absolute Gasteiger partial charge is 0.336 e. The molecule has 0 bridgehead atoms. The Morgan fingerprint density at radius 1 is 1.29 bits per heavy atom. The molecule has 0 aliphatic heterocycles. The molecule has 0 N–H and O–H groups in total. The van der Waals surface area contributed by atoms with Gasteiger partial charge >= 0.3 is 11.6 Å². The van der Waals surface area contributed by atoms with Gasteiger partial charge in [-0.05, 0) is 34.7 Å². The van der Waals surface area contributed by atoms with E-state index >= 15 is 0 Å². The summed E-state index contributed by atoms with van der Waals surface area (Å²) in [7, 11) is 0. The van der Waals surface area contributed by atoms with E-state index in [1.807, 2.05) is 42.6 Å². The number of hydrogen-bond donors (Lipinski definition) is 0. The van der Waals surface area contributed by atoms with Gasteiger partial charge in [0, 0.05) is 17.0 Å². The highest BCUT2D eigenvalue weighted by atomic mass is 32.1. The maximum Gasteiger partial charge on any atom is 0.336 e. The molecule has 142 valence electrons. The van der Waals surface area contributed by atoms with Gasteiger partial charge in [-0.3, -0.25) is 0 Å².